The van der Waals surface area contributed by atoms with Crippen molar-refractivity contribution >= 4 is 12.3 Å². The van der Waals surface area contributed by atoms with Gasteiger partial charge in [0.15, 0.2) is 6.29 Å². The van der Waals surface area contributed by atoms with E-state index in [-0.39, 0.29) is 12.4 Å². The Labute approximate surface area is 95.4 Å². The Morgan fingerprint density at radius 3 is 2.50 bits per heavy atom. The Morgan fingerprint density at radius 1 is 1.31 bits per heavy atom. The highest BCUT2D eigenvalue weighted by molar-refractivity contribution is 5.84. The molecule has 0 amide bonds. The summed E-state index contributed by atoms with van der Waals surface area (Å²) in [6.45, 7) is 5.88. The monoisotopic (exact) mass is 220 g/mol. The molecular formula is C13H16O3. The molecule has 0 fully saturated rings. The Bertz CT molecular complexity index is 408. The van der Waals surface area contributed by atoms with E-state index in [0.29, 0.717) is 12.2 Å². The van der Waals surface area contributed by atoms with Gasteiger partial charge in [-0.2, -0.15) is 0 Å². The summed E-state index contributed by atoms with van der Waals surface area (Å²) < 4.78 is 4.89. The van der Waals surface area contributed by atoms with Crippen molar-refractivity contribution in [1.82, 2.24) is 0 Å². The average Bonchev–Trinajstić information content (AvgIpc) is 2.24. The van der Waals surface area contributed by atoms with Gasteiger partial charge >= 0.3 is 5.97 Å². The van der Waals surface area contributed by atoms with Gasteiger partial charge in [-0.15, -0.1) is 0 Å². The van der Waals surface area contributed by atoms with Crippen LogP contribution in [0.3, 0.4) is 0 Å². The van der Waals surface area contributed by atoms with Crippen LogP contribution in [-0.4, -0.2) is 18.9 Å². The maximum Gasteiger partial charge on any atom is 0.310 e. The number of carbonyl (C=O) groups excluding carboxylic acids is 2. The predicted molar refractivity (Wildman–Crippen MR) is 61.6 cm³/mol. The largest absolute Gasteiger partial charge is 0.466 e. The smallest absolute Gasteiger partial charge is 0.310 e. The standard InChI is InChI=1S/C13H16O3/c1-4-16-13(15)7-11-9(2)5-6-10(3)12(11)8-14/h5-6,8H,4,7H2,1-3H3. The van der Waals surface area contributed by atoms with E-state index in [1.165, 1.54) is 0 Å². The summed E-state index contributed by atoms with van der Waals surface area (Å²) in [5.74, 6) is -0.292. The molecule has 0 aliphatic heterocycles. The zero-order valence-corrected chi connectivity index (χ0v) is 9.87. The van der Waals surface area contributed by atoms with Crippen LogP contribution in [0.5, 0.6) is 0 Å². The van der Waals surface area contributed by atoms with Gasteiger partial charge < -0.3 is 4.74 Å². The molecule has 0 aliphatic carbocycles. The van der Waals surface area contributed by atoms with Gasteiger partial charge in [0.1, 0.15) is 0 Å². The summed E-state index contributed by atoms with van der Waals surface area (Å²) in [5.41, 5.74) is 3.21. The summed E-state index contributed by atoms with van der Waals surface area (Å²) in [6, 6.07) is 3.80. The van der Waals surface area contributed by atoms with Crippen molar-refractivity contribution in [3.8, 4) is 0 Å². The number of hydrogen-bond donors (Lipinski definition) is 0. The number of carbonyl (C=O) groups is 2. The molecule has 1 rings (SSSR count). The first kappa shape index (κ1) is 12.4. The SMILES string of the molecule is CCOC(=O)Cc1c(C)ccc(C)c1C=O. The van der Waals surface area contributed by atoms with Crippen LogP contribution in [0.25, 0.3) is 0 Å². The van der Waals surface area contributed by atoms with Crippen LogP contribution in [0.1, 0.15) is 34.0 Å². The van der Waals surface area contributed by atoms with E-state index in [1.807, 2.05) is 26.0 Å². The fraction of sp³-hybridized carbons (Fsp3) is 0.385. The number of esters is 1. The molecule has 0 bridgehead atoms. The van der Waals surface area contributed by atoms with Crippen LogP contribution in [0.4, 0.5) is 0 Å². The van der Waals surface area contributed by atoms with Crippen LogP contribution < -0.4 is 0 Å². The molecule has 0 heterocycles. The van der Waals surface area contributed by atoms with E-state index in [0.717, 1.165) is 23.0 Å². The second-order valence-electron chi connectivity index (χ2n) is 3.69. The van der Waals surface area contributed by atoms with E-state index in [9.17, 15) is 9.59 Å². The van der Waals surface area contributed by atoms with Gasteiger partial charge in [-0.1, -0.05) is 12.1 Å². The van der Waals surface area contributed by atoms with E-state index in [4.69, 9.17) is 4.74 Å². The molecule has 0 radical (unpaired) electrons. The van der Waals surface area contributed by atoms with E-state index in [1.54, 1.807) is 6.92 Å². The second-order valence-corrected chi connectivity index (χ2v) is 3.69. The number of benzene rings is 1. The molecule has 0 unspecified atom stereocenters. The van der Waals surface area contributed by atoms with Gasteiger partial charge in [-0.05, 0) is 37.5 Å². The van der Waals surface area contributed by atoms with E-state index >= 15 is 0 Å². The Kier molecular flexibility index (Phi) is 4.23. The molecule has 0 N–H and O–H groups in total. The first-order valence-electron chi connectivity index (χ1n) is 5.30. The van der Waals surface area contributed by atoms with Crippen molar-refractivity contribution in [3.05, 3.63) is 34.4 Å². The highest BCUT2D eigenvalue weighted by atomic mass is 16.5. The molecule has 0 atom stereocenters. The first-order chi connectivity index (χ1) is 7.60. The fourth-order valence-corrected chi connectivity index (χ4v) is 1.65. The fourth-order valence-electron chi connectivity index (χ4n) is 1.65. The van der Waals surface area contributed by atoms with Crippen molar-refractivity contribution < 1.29 is 14.3 Å². The zero-order chi connectivity index (χ0) is 12.1. The molecule has 3 nitrogen and oxygen atoms in total. The molecule has 16 heavy (non-hydrogen) atoms. The zero-order valence-electron chi connectivity index (χ0n) is 9.87. The summed E-state index contributed by atoms with van der Waals surface area (Å²) in [5, 5.41) is 0. The van der Waals surface area contributed by atoms with Gasteiger partial charge in [0.05, 0.1) is 13.0 Å². The van der Waals surface area contributed by atoms with Crippen molar-refractivity contribution in [2.75, 3.05) is 6.61 Å². The van der Waals surface area contributed by atoms with Crippen molar-refractivity contribution in [3.63, 3.8) is 0 Å². The van der Waals surface area contributed by atoms with E-state index < -0.39 is 0 Å². The van der Waals surface area contributed by atoms with Crippen LogP contribution in [0.2, 0.25) is 0 Å². The van der Waals surface area contributed by atoms with Crippen LogP contribution in [0, 0.1) is 13.8 Å². The van der Waals surface area contributed by atoms with E-state index in [2.05, 4.69) is 0 Å². The minimum atomic E-state index is -0.292. The number of aldehydes is 1. The molecule has 0 aliphatic rings. The lowest BCUT2D eigenvalue weighted by molar-refractivity contribution is -0.142. The molecule has 0 saturated heterocycles. The van der Waals surface area contributed by atoms with Gasteiger partial charge in [0.25, 0.3) is 0 Å². The molecule has 0 aromatic heterocycles. The molecule has 0 spiro atoms. The number of rotatable bonds is 4. The second kappa shape index (κ2) is 5.45. The molecule has 86 valence electrons. The molecule has 1 aromatic carbocycles. The third-order valence-electron chi connectivity index (χ3n) is 2.55. The lowest BCUT2D eigenvalue weighted by Crippen LogP contribution is -2.11. The number of aryl methyl sites for hydroxylation is 2. The molecule has 0 saturated carbocycles. The molecule has 1 aromatic rings. The Hall–Kier alpha value is -1.64. The topological polar surface area (TPSA) is 43.4 Å². The predicted octanol–water partition coefficient (Wildman–Crippen LogP) is 2.22. The normalized spacial score (nSPS) is 9.94. The quantitative estimate of drug-likeness (QED) is 0.577. The summed E-state index contributed by atoms with van der Waals surface area (Å²) in [4.78, 5) is 22.4. The number of hydrogen-bond acceptors (Lipinski definition) is 3. The van der Waals surface area contributed by atoms with Gasteiger partial charge in [0.2, 0.25) is 0 Å². The van der Waals surface area contributed by atoms with Crippen LogP contribution in [-0.2, 0) is 16.0 Å². The minimum Gasteiger partial charge on any atom is -0.466 e. The third kappa shape index (κ3) is 2.69. The molecule has 3 heteroatoms. The van der Waals surface area contributed by atoms with Crippen LogP contribution in [0.15, 0.2) is 12.1 Å². The summed E-state index contributed by atoms with van der Waals surface area (Å²) >= 11 is 0. The first-order valence-corrected chi connectivity index (χ1v) is 5.30. The van der Waals surface area contributed by atoms with Crippen molar-refractivity contribution in [1.29, 1.82) is 0 Å². The highest BCUT2D eigenvalue weighted by Crippen LogP contribution is 2.17. The average molecular weight is 220 g/mol. The van der Waals surface area contributed by atoms with Gasteiger partial charge in [0, 0.05) is 5.56 Å². The van der Waals surface area contributed by atoms with Crippen molar-refractivity contribution in [2.45, 2.75) is 27.2 Å². The van der Waals surface area contributed by atoms with Gasteiger partial charge in [-0.3, -0.25) is 9.59 Å². The number of ether oxygens (including phenoxy) is 1. The lowest BCUT2D eigenvalue weighted by atomic mass is 9.96. The summed E-state index contributed by atoms with van der Waals surface area (Å²) in [6.07, 6.45) is 0.965. The third-order valence-corrected chi connectivity index (χ3v) is 2.55. The highest BCUT2D eigenvalue weighted by Gasteiger charge is 2.12. The molecular weight excluding hydrogens is 204 g/mol. The van der Waals surface area contributed by atoms with Gasteiger partial charge in [-0.25, -0.2) is 0 Å². The maximum atomic E-state index is 11.4. The summed E-state index contributed by atoms with van der Waals surface area (Å²) in [7, 11) is 0. The Balaban J connectivity index is 3.06. The van der Waals surface area contributed by atoms with Crippen molar-refractivity contribution in [2.24, 2.45) is 0 Å². The van der Waals surface area contributed by atoms with Crippen LogP contribution >= 0.6 is 0 Å². The maximum absolute atomic E-state index is 11.4. The Morgan fingerprint density at radius 2 is 1.94 bits per heavy atom. The lowest BCUT2D eigenvalue weighted by Gasteiger charge is -2.10. The minimum absolute atomic E-state index is 0.162.